The molecule has 0 amide bonds. The van der Waals surface area contributed by atoms with Gasteiger partial charge in [0.1, 0.15) is 11.9 Å². The molecule has 1 N–H and O–H groups in total. The van der Waals surface area contributed by atoms with E-state index in [1.165, 1.54) is 0 Å². The fraction of sp³-hybridized carbons (Fsp3) is 0. The van der Waals surface area contributed by atoms with Crippen molar-refractivity contribution in [2.45, 2.75) is 0 Å². The molecule has 3 heteroatoms. The molecular formula is C8H6ClNO. The molecule has 0 unspecified atom stereocenters. The van der Waals surface area contributed by atoms with Crippen LogP contribution < -0.4 is 4.29 Å². The van der Waals surface area contributed by atoms with Crippen LogP contribution in [0.2, 0.25) is 0 Å². The number of hydrogen-bond acceptors (Lipinski definition) is 1. The molecule has 0 fully saturated rings. The molecule has 0 bridgehead atoms. The fourth-order valence-electron chi connectivity index (χ4n) is 1.12. The molecule has 11 heavy (non-hydrogen) atoms. The van der Waals surface area contributed by atoms with Crippen LogP contribution in [0.25, 0.3) is 10.9 Å². The molecule has 0 radical (unpaired) electrons. The summed E-state index contributed by atoms with van der Waals surface area (Å²) in [5.74, 6) is 0.686. The van der Waals surface area contributed by atoms with Gasteiger partial charge >= 0.3 is 0 Å². The molecule has 56 valence electrons. The molecular weight excluding hydrogens is 162 g/mol. The second-order valence-electron chi connectivity index (χ2n) is 2.27. The van der Waals surface area contributed by atoms with Crippen LogP contribution in [-0.4, -0.2) is 4.98 Å². The van der Waals surface area contributed by atoms with E-state index in [2.05, 4.69) is 9.27 Å². The maximum Gasteiger partial charge on any atom is 0.155 e. The summed E-state index contributed by atoms with van der Waals surface area (Å²) in [6.45, 7) is 0. The summed E-state index contributed by atoms with van der Waals surface area (Å²) in [5, 5.41) is 1.00. The summed E-state index contributed by atoms with van der Waals surface area (Å²) >= 11 is 5.25. The van der Waals surface area contributed by atoms with Gasteiger partial charge in [0.05, 0.1) is 0 Å². The van der Waals surface area contributed by atoms with Gasteiger partial charge in [-0.05, 0) is 18.2 Å². The number of hydrogen-bond donors (Lipinski definition) is 1. The van der Waals surface area contributed by atoms with E-state index in [9.17, 15) is 0 Å². The first kappa shape index (κ1) is 6.55. The summed E-state index contributed by atoms with van der Waals surface area (Å²) in [4.78, 5) is 3.06. The van der Waals surface area contributed by atoms with Gasteiger partial charge in [-0.15, -0.1) is 0 Å². The Bertz CT molecular complexity index is 369. The summed E-state index contributed by atoms with van der Waals surface area (Å²) < 4.78 is 4.64. The first-order valence-corrected chi connectivity index (χ1v) is 3.57. The lowest BCUT2D eigenvalue weighted by Gasteiger charge is -1.95. The van der Waals surface area contributed by atoms with Crippen molar-refractivity contribution >= 4 is 22.8 Å². The Morgan fingerprint density at radius 3 is 3.00 bits per heavy atom. The largest absolute Gasteiger partial charge is 0.385 e. The number of rotatable bonds is 1. The molecule has 0 aliphatic carbocycles. The third-order valence-electron chi connectivity index (χ3n) is 1.64. The standard InChI is InChI=1S/C8H6ClNO/c9-11-8-3-1-2-7-6(8)4-5-10-7/h1-5,10H. The van der Waals surface area contributed by atoms with Gasteiger partial charge in [-0.3, -0.25) is 0 Å². The molecule has 1 aromatic heterocycles. The molecule has 0 aliphatic heterocycles. The molecule has 0 aliphatic rings. The monoisotopic (exact) mass is 167 g/mol. The van der Waals surface area contributed by atoms with E-state index in [-0.39, 0.29) is 0 Å². The van der Waals surface area contributed by atoms with Gasteiger partial charge in [-0.2, -0.15) is 0 Å². The lowest BCUT2D eigenvalue weighted by Crippen LogP contribution is -1.74. The van der Waals surface area contributed by atoms with Gasteiger partial charge in [-0.25, -0.2) is 0 Å². The Morgan fingerprint density at radius 1 is 1.27 bits per heavy atom. The van der Waals surface area contributed by atoms with Crippen molar-refractivity contribution in [2.75, 3.05) is 0 Å². The van der Waals surface area contributed by atoms with Gasteiger partial charge in [-0.1, -0.05) is 6.07 Å². The van der Waals surface area contributed by atoms with Crippen molar-refractivity contribution in [1.82, 2.24) is 4.98 Å². The summed E-state index contributed by atoms with van der Waals surface area (Å²) in [5.41, 5.74) is 1.03. The predicted molar refractivity (Wildman–Crippen MR) is 44.8 cm³/mol. The quantitative estimate of drug-likeness (QED) is 0.694. The number of H-pyrrole nitrogens is 1. The highest BCUT2D eigenvalue weighted by Crippen LogP contribution is 2.24. The van der Waals surface area contributed by atoms with Gasteiger partial charge in [0.2, 0.25) is 0 Å². The maximum absolute atomic E-state index is 5.25. The molecule has 2 aromatic rings. The van der Waals surface area contributed by atoms with Crippen LogP contribution in [0.4, 0.5) is 0 Å². The van der Waals surface area contributed by atoms with Gasteiger partial charge in [0, 0.05) is 17.1 Å². The van der Waals surface area contributed by atoms with Gasteiger partial charge < -0.3 is 9.27 Å². The molecule has 2 nitrogen and oxygen atoms in total. The SMILES string of the molecule is ClOc1cccc2[nH]ccc12. The Kier molecular flexibility index (Phi) is 1.47. The zero-order chi connectivity index (χ0) is 7.68. The van der Waals surface area contributed by atoms with E-state index in [0.717, 1.165) is 10.9 Å². The van der Waals surface area contributed by atoms with Crippen LogP contribution in [0.15, 0.2) is 30.5 Å². The first-order valence-electron chi connectivity index (χ1n) is 3.26. The van der Waals surface area contributed by atoms with Gasteiger partial charge in [0.15, 0.2) is 5.75 Å². The number of benzene rings is 1. The van der Waals surface area contributed by atoms with E-state index in [1.807, 2.05) is 30.5 Å². The molecule has 0 spiro atoms. The van der Waals surface area contributed by atoms with Crippen LogP contribution in [0.1, 0.15) is 0 Å². The maximum atomic E-state index is 5.25. The van der Waals surface area contributed by atoms with Crippen molar-refractivity contribution in [3.63, 3.8) is 0 Å². The zero-order valence-electron chi connectivity index (χ0n) is 5.67. The average Bonchev–Trinajstić information content (AvgIpc) is 2.50. The second kappa shape index (κ2) is 2.47. The van der Waals surface area contributed by atoms with Crippen LogP contribution in [0, 0.1) is 0 Å². The lowest BCUT2D eigenvalue weighted by molar-refractivity contribution is 0.627. The number of halogens is 1. The minimum absolute atomic E-state index is 0.686. The highest BCUT2D eigenvalue weighted by molar-refractivity contribution is 6.10. The highest BCUT2D eigenvalue weighted by atomic mass is 35.5. The summed E-state index contributed by atoms with van der Waals surface area (Å²) in [6, 6.07) is 7.60. The minimum Gasteiger partial charge on any atom is -0.385 e. The topological polar surface area (TPSA) is 25.0 Å². The van der Waals surface area contributed by atoms with Crippen molar-refractivity contribution in [3.8, 4) is 5.75 Å². The number of aromatic nitrogens is 1. The van der Waals surface area contributed by atoms with Crippen LogP contribution in [-0.2, 0) is 0 Å². The molecule has 1 heterocycles. The number of nitrogens with one attached hydrogen (secondary N) is 1. The molecule has 2 rings (SSSR count). The van der Waals surface area contributed by atoms with Crippen LogP contribution in [0.3, 0.4) is 0 Å². The van der Waals surface area contributed by atoms with Crippen molar-refractivity contribution in [2.24, 2.45) is 0 Å². The van der Waals surface area contributed by atoms with Gasteiger partial charge in [0.25, 0.3) is 0 Å². The molecule has 0 saturated carbocycles. The fourth-order valence-corrected chi connectivity index (χ4v) is 1.26. The van der Waals surface area contributed by atoms with E-state index in [4.69, 9.17) is 11.9 Å². The number of fused-ring (bicyclic) bond motifs is 1. The van der Waals surface area contributed by atoms with Crippen molar-refractivity contribution in [3.05, 3.63) is 30.5 Å². The van der Waals surface area contributed by atoms with E-state index in [1.54, 1.807) is 0 Å². The Hall–Kier alpha value is -1.15. The summed E-state index contributed by atoms with van der Waals surface area (Å²) in [6.07, 6.45) is 1.85. The first-order chi connectivity index (χ1) is 5.42. The normalized spacial score (nSPS) is 10.3. The van der Waals surface area contributed by atoms with Crippen LogP contribution in [0.5, 0.6) is 5.75 Å². The van der Waals surface area contributed by atoms with Crippen LogP contribution >= 0.6 is 11.9 Å². The van der Waals surface area contributed by atoms with E-state index in [0.29, 0.717) is 5.75 Å². The smallest absolute Gasteiger partial charge is 0.155 e. The average molecular weight is 168 g/mol. The third-order valence-corrected chi connectivity index (χ3v) is 1.80. The Labute approximate surface area is 68.9 Å². The third kappa shape index (κ3) is 0.955. The minimum atomic E-state index is 0.686. The number of aromatic amines is 1. The lowest BCUT2D eigenvalue weighted by atomic mass is 10.2. The predicted octanol–water partition coefficient (Wildman–Crippen LogP) is 2.70. The van der Waals surface area contributed by atoms with Crippen molar-refractivity contribution < 1.29 is 4.29 Å². The molecule has 1 aromatic carbocycles. The highest BCUT2D eigenvalue weighted by Gasteiger charge is 2.00. The second-order valence-corrected chi connectivity index (χ2v) is 2.43. The molecule has 0 atom stereocenters. The van der Waals surface area contributed by atoms with Crippen molar-refractivity contribution in [1.29, 1.82) is 0 Å². The van der Waals surface area contributed by atoms with E-state index >= 15 is 0 Å². The van der Waals surface area contributed by atoms with E-state index < -0.39 is 0 Å². The summed E-state index contributed by atoms with van der Waals surface area (Å²) in [7, 11) is 0. The molecule has 0 saturated heterocycles. The Balaban J connectivity index is 2.79. The Morgan fingerprint density at radius 2 is 2.18 bits per heavy atom. The zero-order valence-corrected chi connectivity index (χ0v) is 6.43.